The third kappa shape index (κ3) is 3.54. The molecule has 7 nitrogen and oxygen atoms in total. The molecule has 1 aliphatic heterocycles. The van der Waals surface area contributed by atoms with Gasteiger partial charge in [0.25, 0.3) is 11.8 Å². The number of nitrogens with two attached hydrogens (primary N) is 1. The Balaban J connectivity index is 1.85. The molecular weight excluding hydrogens is 358 g/mol. The van der Waals surface area contributed by atoms with Gasteiger partial charge in [-0.25, -0.2) is 9.69 Å². The number of imide groups is 2. The lowest BCUT2D eigenvalue weighted by Crippen LogP contribution is -2.83. The molecule has 8 heteroatoms. The number of nitrogens with one attached hydrogen (secondary N) is 1. The average molecular weight is 375 g/mol. The molecule has 0 bridgehead atoms. The Morgan fingerprint density at radius 1 is 1.27 bits per heavy atom. The quantitative estimate of drug-likeness (QED) is 0.780. The van der Waals surface area contributed by atoms with E-state index in [9.17, 15) is 14.4 Å². The van der Waals surface area contributed by atoms with Crippen LogP contribution < -0.4 is 15.5 Å². The van der Waals surface area contributed by atoms with E-state index in [1.807, 2.05) is 0 Å². The van der Waals surface area contributed by atoms with Crippen molar-refractivity contribution in [2.24, 2.45) is 5.92 Å². The highest BCUT2D eigenvalue weighted by Gasteiger charge is 2.45. The molecule has 1 aromatic carbocycles. The molecule has 1 fully saturated rings. The molecule has 134 valence electrons. The van der Waals surface area contributed by atoms with E-state index in [1.165, 1.54) is 0 Å². The Morgan fingerprint density at radius 2 is 2.00 bits per heavy atom. The standard InChI is InChI=1S/C18H16ClN3O4/c1-2-14(20-10-13-4-3-9-26-13)15-16(23)21-18(25)22(17(15)24)12-7-5-11(19)6-8-12/h2-9,15,20H,10H2,1H3,(H,21,23,25)/p+1/b14-2+/t15-/m0/s1. The molecule has 26 heavy (non-hydrogen) atoms. The van der Waals surface area contributed by atoms with Crippen molar-refractivity contribution in [2.45, 2.75) is 13.5 Å². The molecule has 0 saturated carbocycles. The topological polar surface area (TPSA) is 96.2 Å². The van der Waals surface area contributed by atoms with Crippen LogP contribution in [-0.2, 0) is 16.1 Å². The Kier molecular flexibility index (Phi) is 5.20. The highest BCUT2D eigenvalue weighted by atomic mass is 35.5. The zero-order valence-corrected chi connectivity index (χ0v) is 14.7. The first kappa shape index (κ1) is 17.9. The van der Waals surface area contributed by atoms with E-state index < -0.39 is 23.8 Å². The summed E-state index contributed by atoms with van der Waals surface area (Å²) in [6.07, 6.45) is 3.23. The number of anilines is 1. The fourth-order valence-electron chi connectivity index (χ4n) is 2.75. The first-order valence-corrected chi connectivity index (χ1v) is 8.35. The van der Waals surface area contributed by atoms with Gasteiger partial charge >= 0.3 is 6.03 Å². The van der Waals surface area contributed by atoms with Crippen LogP contribution in [0.5, 0.6) is 0 Å². The molecule has 1 aromatic heterocycles. The molecule has 2 heterocycles. The van der Waals surface area contributed by atoms with Crippen molar-refractivity contribution in [3.8, 4) is 0 Å². The number of allylic oxidation sites excluding steroid dienone is 1. The molecule has 0 unspecified atom stereocenters. The number of nitrogens with zero attached hydrogens (tertiary/aromatic N) is 1. The number of hydrogen-bond acceptors (Lipinski definition) is 4. The van der Waals surface area contributed by atoms with Crippen molar-refractivity contribution in [3.05, 3.63) is 65.2 Å². The van der Waals surface area contributed by atoms with E-state index >= 15 is 0 Å². The van der Waals surface area contributed by atoms with Crippen LogP contribution in [0.15, 0.2) is 58.9 Å². The minimum Gasteiger partial charge on any atom is -0.463 e. The van der Waals surface area contributed by atoms with Gasteiger partial charge in [-0.1, -0.05) is 11.6 Å². The summed E-state index contributed by atoms with van der Waals surface area (Å²) in [5.41, 5.74) is 0.853. The maximum atomic E-state index is 12.9. The number of furan rings is 1. The number of quaternary nitrogens is 1. The number of benzene rings is 1. The molecule has 0 spiro atoms. The first-order valence-electron chi connectivity index (χ1n) is 7.97. The van der Waals surface area contributed by atoms with E-state index in [1.54, 1.807) is 61.0 Å². The zero-order chi connectivity index (χ0) is 18.7. The summed E-state index contributed by atoms with van der Waals surface area (Å²) in [5.74, 6) is -1.65. The molecule has 0 aliphatic carbocycles. The number of rotatable bonds is 5. The summed E-state index contributed by atoms with van der Waals surface area (Å²) in [5, 5.41) is 4.47. The summed E-state index contributed by atoms with van der Waals surface area (Å²) < 4.78 is 5.27. The van der Waals surface area contributed by atoms with Gasteiger partial charge in [0.2, 0.25) is 0 Å². The van der Waals surface area contributed by atoms with Crippen molar-refractivity contribution in [1.82, 2.24) is 5.32 Å². The lowest BCUT2D eigenvalue weighted by molar-refractivity contribution is -0.628. The van der Waals surface area contributed by atoms with Crippen LogP contribution >= 0.6 is 11.6 Å². The molecule has 2 aromatic rings. The number of amides is 4. The molecule has 4 amide bonds. The van der Waals surface area contributed by atoms with E-state index in [0.29, 0.717) is 28.7 Å². The number of barbiturate groups is 1. The predicted molar refractivity (Wildman–Crippen MR) is 94.1 cm³/mol. The second-order valence-corrected chi connectivity index (χ2v) is 6.09. The van der Waals surface area contributed by atoms with Gasteiger partial charge in [-0.3, -0.25) is 14.9 Å². The highest BCUT2D eigenvalue weighted by Crippen LogP contribution is 2.24. The zero-order valence-electron chi connectivity index (χ0n) is 13.9. The summed E-state index contributed by atoms with van der Waals surface area (Å²) in [7, 11) is 0. The Labute approximate surface area is 154 Å². The lowest BCUT2D eigenvalue weighted by atomic mass is 9.99. The number of carbonyl (C=O) groups is 3. The first-order chi connectivity index (χ1) is 12.5. The van der Waals surface area contributed by atoms with Crippen LogP contribution in [0, 0.1) is 5.92 Å². The van der Waals surface area contributed by atoms with Crippen LogP contribution in [0.25, 0.3) is 0 Å². The van der Waals surface area contributed by atoms with E-state index in [4.69, 9.17) is 16.0 Å². The summed E-state index contributed by atoms with van der Waals surface area (Å²) in [4.78, 5) is 38.4. The summed E-state index contributed by atoms with van der Waals surface area (Å²) in [6.45, 7) is 2.16. The second kappa shape index (κ2) is 7.55. The Morgan fingerprint density at radius 3 is 2.62 bits per heavy atom. The molecule has 3 N–H and O–H groups in total. The Hall–Kier alpha value is -2.90. The molecule has 1 saturated heterocycles. The van der Waals surface area contributed by atoms with E-state index in [2.05, 4.69) is 5.32 Å². The molecule has 3 rings (SSSR count). The third-order valence-electron chi connectivity index (χ3n) is 4.03. The average Bonchev–Trinajstić information content (AvgIpc) is 3.12. The van der Waals surface area contributed by atoms with Gasteiger partial charge in [-0.15, -0.1) is 0 Å². The number of carbonyl (C=O) groups excluding carboxylic acids is 3. The normalized spacial score (nSPS) is 18.2. The Bertz CT molecular complexity index is 859. The van der Waals surface area contributed by atoms with Crippen molar-refractivity contribution in [2.75, 3.05) is 4.90 Å². The number of urea groups is 1. The maximum Gasteiger partial charge on any atom is 0.335 e. The van der Waals surface area contributed by atoms with E-state index in [-0.39, 0.29) is 0 Å². The van der Waals surface area contributed by atoms with Crippen LogP contribution in [0.2, 0.25) is 5.02 Å². The van der Waals surface area contributed by atoms with E-state index in [0.717, 1.165) is 4.90 Å². The van der Waals surface area contributed by atoms with Gasteiger partial charge in [-0.2, -0.15) is 0 Å². The smallest absolute Gasteiger partial charge is 0.335 e. The van der Waals surface area contributed by atoms with Crippen molar-refractivity contribution >= 4 is 35.1 Å². The molecular formula is C18H17ClN3O4+. The monoisotopic (exact) mass is 374 g/mol. The van der Waals surface area contributed by atoms with Crippen LogP contribution in [-0.4, -0.2) is 17.8 Å². The van der Waals surface area contributed by atoms with Gasteiger partial charge in [0.1, 0.15) is 12.2 Å². The van der Waals surface area contributed by atoms with Crippen LogP contribution in [0.1, 0.15) is 12.7 Å². The number of halogens is 1. The molecule has 1 atom stereocenters. The SMILES string of the molecule is C/C=C(/[NH2+]Cc1ccco1)[C@H]1C(=O)NC(=O)N(c2ccc(Cl)cc2)C1=O. The summed E-state index contributed by atoms with van der Waals surface area (Å²) in [6, 6.07) is 9.03. The largest absolute Gasteiger partial charge is 0.463 e. The minimum atomic E-state index is -1.11. The molecule has 0 radical (unpaired) electrons. The predicted octanol–water partition coefficient (Wildman–Crippen LogP) is 1.80. The fourth-order valence-corrected chi connectivity index (χ4v) is 2.88. The van der Waals surface area contributed by atoms with Gasteiger partial charge in [0.05, 0.1) is 12.0 Å². The number of hydrogen-bond donors (Lipinski definition) is 2. The lowest BCUT2D eigenvalue weighted by Gasteiger charge is -2.30. The highest BCUT2D eigenvalue weighted by molar-refractivity contribution is 6.31. The second-order valence-electron chi connectivity index (χ2n) is 5.65. The van der Waals surface area contributed by atoms with Crippen molar-refractivity contribution in [1.29, 1.82) is 0 Å². The third-order valence-corrected chi connectivity index (χ3v) is 4.29. The van der Waals surface area contributed by atoms with Crippen LogP contribution in [0.3, 0.4) is 0 Å². The fraction of sp³-hybridized carbons (Fsp3) is 0.167. The van der Waals surface area contributed by atoms with Gasteiger partial charge in [-0.05, 0) is 49.4 Å². The van der Waals surface area contributed by atoms with Crippen molar-refractivity contribution in [3.63, 3.8) is 0 Å². The van der Waals surface area contributed by atoms with Crippen LogP contribution in [0.4, 0.5) is 10.5 Å². The minimum absolute atomic E-state index is 0.343. The molecule has 1 aliphatic rings. The van der Waals surface area contributed by atoms with Gasteiger partial charge < -0.3 is 9.73 Å². The summed E-state index contributed by atoms with van der Waals surface area (Å²) >= 11 is 5.86. The van der Waals surface area contributed by atoms with Crippen molar-refractivity contribution < 1.29 is 24.1 Å². The van der Waals surface area contributed by atoms with Gasteiger partial charge in [0.15, 0.2) is 11.7 Å². The maximum absolute atomic E-state index is 12.9. The van der Waals surface area contributed by atoms with Gasteiger partial charge in [0, 0.05) is 5.02 Å².